The molecule has 2 atom stereocenters. The molecule has 0 aromatic heterocycles. The van der Waals surface area contributed by atoms with E-state index >= 15 is 0 Å². The largest absolute Gasteiger partial charge is 0.444 e. The van der Waals surface area contributed by atoms with Gasteiger partial charge in [0.1, 0.15) is 5.60 Å². The second-order valence-electron chi connectivity index (χ2n) is 4.37. The van der Waals surface area contributed by atoms with Crippen LogP contribution in [0.3, 0.4) is 0 Å². The number of nitrogens with zero attached hydrogens (tertiary/aromatic N) is 1. The summed E-state index contributed by atoms with van der Waals surface area (Å²) in [6, 6.07) is 0.694. The molecule has 0 spiro atoms. The van der Waals surface area contributed by atoms with Crippen molar-refractivity contribution >= 4 is 6.09 Å². The van der Waals surface area contributed by atoms with Gasteiger partial charge in [-0.1, -0.05) is 0 Å². The average Bonchev–Trinajstić information content (AvgIpc) is 2.36. The normalized spacial score (nSPS) is 28.6. The van der Waals surface area contributed by atoms with Crippen molar-refractivity contribution in [1.29, 1.82) is 0 Å². The van der Waals surface area contributed by atoms with Gasteiger partial charge >= 0.3 is 6.09 Å². The first-order chi connectivity index (χ1) is 5.33. The summed E-state index contributed by atoms with van der Waals surface area (Å²) in [4.78, 5) is 13.1. The minimum atomic E-state index is -0.376. The summed E-state index contributed by atoms with van der Waals surface area (Å²) in [7, 11) is 0. The maximum Gasteiger partial charge on any atom is 0.410 e. The Labute approximate surface area is 73.7 Å². The van der Waals surface area contributed by atoms with Crippen molar-refractivity contribution in [3.8, 4) is 0 Å². The Hall–Kier alpha value is -0.730. The molecule has 0 radical (unpaired) electrons. The van der Waals surface area contributed by atoms with Gasteiger partial charge in [0.25, 0.3) is 0 Å². The van der Waals surface area contributed by atoms with Crippen LogP contribution in [0.4, 0.5) is 4.79 Å². The third kappa shape index (κ3) is 1.90. The van der Waals surface area contributed by atoms with Crippen LogP contribution in [-0.2, 0) is 4.74 Å². The highest BCUT2D eigenvalue weighted by Gasteiger charge is 2.45. The fourth-order valence-corrected chi connectivity index (χ4v) is 1.15. The molecular formula is C9H17NO2. The molecule has 0 N–H and O–H groups in total. The van der Waals surface area contributed by atoms with E-state index in [-0.39, 0.29) is 11.7 Å². The number of carbonyl (C=O) groups excluding carboxylic acids is 1. The van der Waals surface area contributed by atoms with Gasteiger partial charge in [0.2, 0.25) is 0 Å². The van der Waals surface area contributed by atoms with Gasteiger partial charge in [0, 0.05) is 0 Å². The zero-order chi connectivity index (χ0) is 9.52. The Balaban J connectivity index is 2.41. The molecule has 0 bridgehead atoms. The number of amides is 1. The lowest BCUT2D eigenvalue weighted by Crippen LogP contribution is -2.28. The molecule has 2 unspecified atom stereocenters. The second kappa shape index (κ2) is 2.64. The van der Waals surface area contributed by atoms with Crippen LogP contribution in [-0.4, -0.2) is 28.7 Å². The zero-order valence-corrected chi connectivity index (χ0v) is 8.42. The van der Waals surface area contributed by atoms with Crippen molar-refractivity contribution in [3.63, 3.8) is 0 Å². The van der Waals surface area contributed by atoms with E-state index in [9.17, 15) is 4.79 Å². The molecule has 0 aliphatic carbocycles. The molecule has 1 rings (SSSR count). The van der Waals surface area contributed by atoms with Crippen LogP contribution in [0.1, 0.15) is 34.6 Å². The molecule has 70 valence electrons. The molecule has 12 heavy (non-hydrogen) atoms. The Morgan fingerprint density at radius 3 is 1.92 bits per heavy atom. The van der Waals surface area contributed by atoms with E-state index in [1.807, 2.05) is 34.6 Å². The molecule has 1 heterocycles. The molecular weight excluding hydrogens is 154 g/mol. The van der Waals surface area contributed by atoms with E-state index in [4.69, 9.17) is 4.74 Å². The summed E-state index contributed by atoms with van der Waals surface area (Å²) in [6.07, 6.45) is -0.192. The summed E-state index contributed by atoms with van der Waals surface area (Å²) in [5.41, 5.74) is -0.376. The highest BCUT2D eigenvalue weighted by Crippen LogP contribution is 2.29. The minimum Gasteiger partial charge on any atom is -0.444 e. The van der Waals surface area contributed by atoms with Crippen LogP contribution in [0, 0.1) is 0 Å². The van der Waals surface area contributed by atoms with Crippen molar-refractivity contribution in [2.24, 2.45) is 0 Å². The van der Waals surface area contributed by atoms with Gasteiger partial charge in [-0.3, -0.25) is 4.90 Å². The molecule has 1 aliphatic rings. The maximum atomic E-state index is 11.3. The lowest BCUT2D eigenvalue weighted by Gasteiger charge is -2.19. The highest BCUT2D eigenvalue weighted by molar-refractivity contribution is 5.72. The quantitative estimate of drug-likeness (QED) is 0.522. The average molecular weight is 171 g/mol. The Kier molecular flexibility index (Phi) is 2.06. The maximum absolute atomic E-state index is 11.3. The van der Waals surface area contributed by atoms with Gasteiger partial charge in [-0.2, -0.15) is 0 Å². The Morgan fingerprint density at radius 2 is 1.67 bits per heavy atom. The number of rotatable bonds is 0. The molecule has 0 aromatic rings. The van der Waals surface area contributed by atoms with Crippen molar-refractivity contribution in [3.05, 3.63) is 0 Å². The van der Waals surface area contributed by atoms with Crippen molar-refractivity contribution in [1.82, 2.24) is 4.90 Å². The van der Waals surface area contributed by atoms with Gasteiger partial charge in [-0.15, -0.1) is 0 Å². The number of hydrogen-bond acceptors (Lipinski definition) is 2. The molecule has 3 nitrogen and oxygen atoms in total. The summed E-state index contributed by atoms with van der Waals surface area (Å²) in [6.45, 7) is 9.68. The molecule has 3 heteroatoms. The summed E-state index contributed by atoms with van der Waals surface area (Å²) >= 11 is 0. The van der Waals surface area contributed by atoms with Crippen molar-refractivity contribution < 1.29 is 9.53 Å². The molecule has 0 saturated carbocycles. The fourth-order valence-electron chi connectivity index (χ4n) is 1.15. The topological polar surface area (TPSA) is 29.3 Å². The SMILES string of the molecule is CC1C(C)N1C(=O)OC(C)(C)C. The Bertz CT molecular complexity index is 187. The number of hydrogen-bond donors (Lipinski definition) is 0. The van der Waals surface area contributed by atoms with E-state index < -0.39 is 0 Å². The van der Waals surface area contributed by atoms with Crippen LogP contribution >= 0.6 is 0 Å². The number of carbonyl (C=O) groups is 1. The molecule has 1 saturated heterocycles. The predicted octanol–water partition coefficient (Wildman–Crippen LogP) is 2.01. The van der Waals surface area contributed by atoms with Crippen LogP contribution in [0.2, 0.25) is 0 Å². The van der Waals surface area contributed by atoms with Crippen LogP contribution < -0.4 is 0 Å². The van der Waals surface area contributed by atoms with E-state index in [0.29, 0.717) is 12.1 Å². The van der Waals surface area contributed by atoms with E-state index in [0.717, 1.165) is 0 Å². The van der Waals surface area contributed by atoms with Gasteiger partial charge in [-0.05, 0) is 34.6 Å². The van der Waals surface area contributed by atoms with Crippen molar-refractivity contribution in [2.45, 2.75) is 52.3 Å². The van der Waals surface area contributed by atoms with Crippen LogP contribution in [0.15, 0.2) is 0 Å². The van der Waals surface area contributed by atoms with E-state index in [1.54, 1.807) is 4.90 Å². The first-order valence-electron chi connectivity index (χ1n) is 4.34. The van der Waals surface area contributed by atoms with E-state index in [1.165, 1.54) is 0 Å². The standard InChI is InChI=1S/C9H17NO2/c1-6-7(2)10(6)8(11)12-9(3,4)5/h6-7H,1-5H3. The van der Waals surface area contributed by atoms with Crippen molar-refractivity contribution in [2.75, 3.05) is 0 Å². The monoisotopic (exact) mass is 171 g/mol. The fraction of sp³-hybridized carbons (Fsp3) is 0.889. The molecule has 1 fully saturated rings. The first-order valence-corrected chi connectivity index (χ1v) is 4.34. The van der Waals surface area contributed by atoms with Gasteiger partial charge < -0.3 is 4.74 Å². The third-order valence-corrected chi connectivity index (χ3v) is 2.09. The molecule has 1 amide bonds. The molecule has 0 aromatic carbocycles. The third-order valence-electron chi connectivity index (χ3n) is 2.09. The van der Waals surface area contributed by atoms with Crippen LogP contribution in [0.5, 0.6) is 0 Å². The van der Waals surface area contributed by atoms with E-state index in [2.05, 4.69) is 0 Å². The lowest BCUT2D eigenvalue weighted by molar-refractivity contribution is 0.0398. The first kappa shape index (κ1) is 9.36. The lowest BCUT2D eigenvalue weighted by atomic mass is 10.2. The summed E-state index contributed by atoms with van der Waals surface area (Å²) in [5.74, 6) is 0. The smallest absolute Gasteiger partial charge is 0.410 e. The predicted molar refractivity (Wildman–Crippen MR) is 47.0 cm³/mol. The highest BCUT2D eigenvalue weighted by atomic mass is 16.6. The zero-order valence-electron chi connectivity index (χ0n) is 8.42. The van der Waals surface area contributed by atoms with Crippen LogP contribution in [0.25, 0.3) is 0 Å². The number of ether oxygens (including phenoxy) is 1. The molecule has 1 aliphatic heterocycles. The van der Waals surface area contributed by atoms with Gasteiger partial charge in [0.15, 0.2) is 0 Å². The Morgan fingerprint density at radius 1 is 1.25 bits per heavy atom. The van der Waals surface area contributed by atoms with Gasteiger partial charge in [-0.25, -0.2) is 4.79 Å². The summed E-state index contributed by atoms with van der Waals surface area (Å²) < 4.78 is 5.19. The minimum absolute atomic E-state index is 0.192. The summed E-state index contributed by atoms with van der Waals surface area (Å²) in [5, 5.41) is 0. The second-order valence-corrected chi connectivity index (χ2v) is 4.37. The van der Waals surface area contributed by atoms with Gasteiger partial charge in [0.05, 0.1) is 12.1 Å².